The van der Waals surface area contributed by atoms with E-state index >= 15 is 0 Å². The SMILES string of the molecule is CCCNNC(=O)c1ccc(Cn2c3ccccc3c3c(-c4ccccn4)nc4ccccc4c32)cc1. The first-order valence-corrected chi connectivity index (χ1v) is 12.6. The van der Waals surface area contributed by atoms with Gasteiger partial charge in [-0.05, 0) is 48.4 Å². The monoisotopic (exact) mass is 485 g/mol. The fraction of sp³-hybridized carbons (Fsp3) is 0.129. The van der Waals surface area contributed by atoms with E-state index in [-0.39, 0.29) is 5.91 Å². The van der Waals surface area contributed by atoms with Crippen LogP contribution in [0.25, 0.3) is 44.1 Å². The second-order valence-electron chi connectivity index (χ2n) is 9.10. The summed E-state index contributed by atoms with van der Waals surface area (Å²) in [4.78, 5) is 22.1. The number of fused-ring (bicyclic) bond motifs is 5. The van der Waals surface area contributed by atoms with Crippen molar-refractivity contribution in [2.24, 2.45) is 0 Å². The summed E-state index contributed by atoms with van der Waals surface area (Å²) in [5.41, 5.74) is 12.4. The Morgan fingerprint density at radius 2 is 1.62 bits per heavy atom. The molecule has 0 aliphatic carbocycles. The van der Waals surface area contributed by atoms with E-state index in [0.29, 0.717) is 12.1 Å². The van der Waals surface area contributed by atoms with Gasteiger partial charge in [-0.3, -0.25) is 15.2 Å². The van der Waals surface area contributed by atoms with Gasteiger partial charge in [-0.25, -0.2) is 10.4 Å². The molecule has 0 fully saturated rings. The second-order valence-corrected chi connectivity index (χ2v) is 9.10. The molecule has 182 valence electrons. The Balaban J connectivity index is 1.51. The Morgan fingerprint density at radius 1 is 0.865 bits per heavy atom. The molecule has 0 radical (unpaired) electrons. The van der Waals surface area contributed by atoms with Crippen molar-refractivity contribution in [1.29, 1.82) is 0 Å². The lowest BCUT2D eigenvalue weighted by Crippen LogP contribution is -2.37. The van der Waals surface area contributed by atoms with E-state index in [9.17, 15) is 4.79 Å². The maximum atomic E-state index is 12.4. The average Bonchev–Trinajstić information content (AvgIpc) is 3.28. The van der Waals surface area contributed by atoms with Crippen LogP contribution in [0.15, 0.2) is 97.2 Å². The number of hydrazine groups is 1. The molecule has 0 aliphatic rings. The molecule has 6 heteroatoms. The highest BCUT2D eigenvalue weighted by Gasteiger charge is 2.20. The molecule has 0 spiro atoms. The lowest BCUT2D eigenvalue weighted by Gasteiger charge is -2.12. The van der Waals surface area contributed by atoms with Crippen LogP contribution in [0.2, 0.25) is 0 Å². The molecule has 0 aliphatic heterocycles. The molecule has 0 saturated carbocycles. The van der Waals surface area contributed by atoms with Crippen molar-refractivity contribution >= 4 is 38.6 Å². The quantitative estimate of drug-likeness (QED) is 0.212. The first-order chi connectivity index (χ1) is 18.2. The maximum absolute atomic E-state index is 12.4. The Kier molecular flexibility index (Phi) is 6.08. The highest BCUT2D eigenvalue weighted by molar-refractivity contribution is 6.21. The van der Waals surface area contributed by atoms with Gasteiger partial charge in [-0.1, -0.05) is 61.5 Å². The molecule has 3 aromatic carbocycles. The van der Waals surface area contributed by atoms with Crippen LogP contribution in [0, 0.1) is 0 Å². The van der Waals surface area contributed by atoms with E-state index in [4.69, 9.17) is 4.98 Å². The fourth-order valence-electron chi connectivity index (χ4n) is 4.91. The number of para-hydroxylation sites is 2. The minimum Gasteiger partial charge on any atom is -0.335 e. The number of nitrogens with zero attached hydrogens (tertiary/aromatic N) is 3. The summed E-state index contributed by atoms with van der Waals surface area (Å²) in [5, 5.41) is 3.35. The van der Waals surface area contributed by atoms with Crippen LogP contribution in [-0.4, -0.2) is 27.0 Å². The van der Waals surface area contributed by atoms with Crippen LogP contribution in [0.3, 0.4) is 0 Å². The predicted molar refractivity (Wildman–Crippen MR) is 149 cm³/mol. The van der Waals surface area contributed by atoms with Gasteiger partial charge in [0.15, 0.2) is 0 Å². The van der Waals surface area contributed by atoms with E-state index in [0.717, 1.165) is 62.6 Å². The van der Waals surface area contributed by atoms with Crippen molar-refractivity contribution < 1.29 is 4.79 Å². The van der Waals surface area contributed by atoms with E-state index in [1.165, 1.54) is 0 Å². The lowest BCUT2D eigenvalue weighted by atomic mass is 10.1. The van der Waals surface area contributed by atoms with E-state index in [1.54, 1.807) is 0 Å². The molecule has 37 heavy (non-hydrogen) atoms. The third-order valence-electron chi connectivity index (χ3n) is 6.64. The fourth-order valence-corrected chi connectivity index (χ4v) is 4.91. The van der Waals surface area contributed by atoms with E-state index < -0.39 is 0 Å². The number of hydrogen-bond donors (Lipinski definition) is 2. The summed E-state index contributed by atoms with van der Waals surface area (Å²) >= 11 is 0. The molecule has 6 rings (SSSR count). The standard InChI is InChI=1S/C31H27N5O/c1-2-18-33-35-31(37)22-16-14-21(15-17-22)20-36-27-13-6-4-10-24(27)28-29(26-12-7-8-19-32-26)34-25-11-5-3-9-23(25)30(28)36/h3-17,19,33H,2,18,20H2,1H3,(H,35,37). The lowest BCUT2D eigenvalue weighted by molar-refractivity contribution is 0.0933. The minimum atomic E-state index is -0.131. The Hall–Kier alpha value is -4.55. The molecule has 0 atom stereocenters. The van der Waals surface area contributed by atoms with Gasteiger partial charge in [0.2, 0.25) is 0 Å². The summed E-state index contributed by atoms with van der Waals surface area (Å²) in [6.07, 6.45) is 2.76. The Labute approximate surface area is 215 Å². The van der Waals surface area contributed by atoms with Gasteiger partial charge in [-0.2, -0.15) is 0 Å². The van der Waals surface area contributed by atoms with Gasteiger partial charge in [0.25, 0.3) is 5.91 Å². The van der Waals surface area contributed by atoms with Crippen molar-refractivity contribution in [3.8, 4) is 11.4 Å². The number of aromatic nitrogens is 3. The van der Waals surface area contributed by atoms with Crippen LogP contribution in [0.5, 0.6) is 0 Å². The summed E-state index contributed by atoms with van der Waals surface area (Å²) in [6.45, 7) is 3.46. The zero-order valence-electron chi connectivity index (χ0n) is 20.6. The highest BCUT2D eigenvalue weighted by atomic mass is 16.2. The summed E-state index contributed by atoms with van der Waals surface area (Å²) in [7, 11) is 0. The van der Waals surface area contributed by atoms with Crippen molar-refractivity contribution in [1.82, 2.24) is 25.4 Å². The van der Waals surface area contributed by atoms with Gasteiger partial charge in [0, 0.05) is 46.5 Å². The summed E-state index contributed by atoms with van der Waals surface area (Å²) in [5.74, 6) is -0.131. The van der Waals surface area contributed by atoms with Gasteiger partial charge in [0.1, 0.15) is 0 Å². The third kappa shape index (κ3) is 4.21. The van der Waals surface area contributed by atoms with Crippen molar-refractivity contribution in [2.45, 2.75) is 19.9 Å². The summed E-state index contributed by atoms with van der Waals surface area (Å²) in [6, 6.07) is 30.5. The zero-order chi connectivity index (χ0) is 25.2. The molecule has 0 unspecified atom stereocenters. The van der Waals surface area contributed by atoms with Crippen LogP contribution in [0.4, 0.5) is 0 Å². The molecule has 0 saturated heterocycles. The molecular weight excluding hydrogens is 458 g/mol. The number of carbonyl (C=O) groups excluding carboxylic acids is 1. The molecule has 3 heterocycles. The van der Waals surface area contributed by atoms with Gasteiger partial charge in [0.05, 0.1) is 22.4 Å². The van der Waals surface area contributed by atoms with Crippen LogP contribution < -0.4 is 10.9 Å². The largest absolute Gasteiger partial charge is 0.335 e. The Morgan fingerprint density at radius 3 is 2.41 bits per heavy atom. The van der Waals surface area contributed by atoms with Crippen molar-refractivity contribution in [3.63, 3.8) is 0 Å². The first-order valence-electron chi connectivity index (χ1n) is 12.6. The molecule has 2 N–H and O–H groups in total. The number of nitrogens with one attached hydrogen (secondary N) is 2. The third-order valence-corrected chi connectivity index (χ3v) is 6.64. The number of hydrogen-bond acceptors (Lipinski definition) is 4. The first kappa shape index (κ1) is 22.9. The van der Waals surface area contributed by atoms with Crippen LogP contribution in [-0.2, 0) is 6.54 Å². The summed E-state index contributed by atoms with van der Waals surface area (Å²) < 4.78 is 2.36. The topological polar surface area (TPSA) is 71.8 Å². The van der Waals surface area contributed by atoms with Crippen LogP contribution in [0.1, 0.15) is 29.3 Å². The molecule has 3 aromatic heterocycles. The second kappa shape index (κ2) is 9.84. The van der Waals surface area contributed by atoms with Crippen molar-refractivity contribution in [2.75, 3.05) is 6.54 Å². The van der Waals surface area contributed by atoms with Gasteiger partial charge in [-0.15, -0.1) is 0 Å². The molecule has 0 bridgehead atoms. The zero-order valence-corrected chi connectivity index (χ0v) is 20.6. The number of pyridine rings is 2. The minimum absolute atomic E-state index is 0.131. The number of benzene rings is 3. The van der Waals surface area contributed by atoms with Crippen molar-refractivity contribution in [3.05, 3.63) is 108 Å². The number of carbonyl (C=O) groups is 1. The highest BCUT2D eigenvalue weighted by Crippen LogP contribution is 2.39. The van der Waals surface area contributed by atoms with Gasteiger partial charge >= 0.3 is 0 Å². The average molecular weight is 486 g/mol. The molecule has 6 aromatic rings. The van der Waals surface area contributed by atoms with Crippen LogP contribution >= 0.6 is 0 Å². The van der Waals surface area contributed by atoms with E-state index in [2.05, 4.69) is 69.8 Å². The van der Waals surface area contributed by atoms with E-state index in [1.807, 2.05) is 54.7 Å². The number of rotatable bonds is 7. The van der Waals surface area contributed by atoms with Gasteiger partial charge < -0.3 is 4.57 Å². The molecular formula is C31H27N5O. The smallest absolute Gasteiger partial charge is 0.265 e. The predicted octanol–water partition coefficient (Wildman–Crippen LogP) is 6.10. The number of amides is 1. The molecule has 1 amide bonds. The normalized spacial score (nSPS) is 11.4. The Bertz CT molecular complexity index is 1720. The maximum Gasteiger partial charge on any atom is 0.265 e. The molecule has 6 nitrogen and oxygen atoms in total.